The van der Waals surface area contributed by atoms with Gasteiger partial charge in [-0.25, -0.2) is 28.5 Å². The molecule has 4 heterocycles. The molecule has 1 fully saturated rings. The maximum Gasteiger partial charge on any atom is 0.490 e. The largest absolute Gasteiger partial charge is 0.490 e. The Labute approximate surface area is 248 Å². The summed E-state index contributed by atoms with van der Waals surface area (Å²) < 4.78 is 53.6. The minimum Gasteiger partial charge on any atom is -0.390 e. The lowest BCUT2D eigenvalue weighted by molar-refractivity contribution is -0.116. The molecule has 23 nitrogen and oxygen atoms in total. The van der Waals surface area contributed by atoms with Gasteiger partial charge in [0.1, 0.15) is 12.3 Å². The Balaban J connectivity index is 1.35. The van der Waals surface area contributed by atoms with Crippen LogP contribution in [0.25, 0.3) is 17.2 Å². The van der Waals surface area contributed by atoms with E-state index in [0.29, 0.717) is 5.65 Å². The van der Waals surface area contributed by atoms with Crippen LogP contribution in [-0.4, -0.2) is 85.0 Å². The molecule has 5 atom stereocenters. The summed E-state index contributed by atoms with van der Waals surface area (Å²) >= 11 is 0. The lowest BCUT2D eigenvalue weighted by Crippen LogP contribution is -2.33. The molecule has 1 amide bonds. The van der Waals surface area contributed by atoms with Gasteiger partial charge in [0.25, 0.3) is 11.1 Å². The highest BCUT2D eigenvalue weighted by molar-refractivity contribution is 7.66. The number of rotatable bonds is 13. The molecule has 0 spiro atoms. The molecule has 1 saturated heterocycles. The van der Waals surface area contributed by atoms with Crippen molar-refractivity contribution in [2.45, 2.75) is 31.4 Å². The van der Waals surface area contributed by atoms with Crippen LogP contribution in [0.3, 0.4) is 0 Å². The number of aromatic amines is 2. The van der Waals surface area contributed by atoms with Gasteiger partial charge in [-0.15, -0.1) is 0 Å². The maximum atomic E-state index is 12.4. The fourth-order valence-corrected chi connectivity index (χ4v) is 6.95. The second-order valence-corrected chi connectivity index (χ2v) is 13.5. The van der Waals surface area contributed by atoms with Crippen LogP contribution >= 0.6 is 23.5 Å². The standard InChI is InChI=1S/C19H24N7O16P3/c27-11-5-14(40-12(11)7-39-44(35,36)42-45(37,38)41-43(32,33)34)26-6-10(17(29)24-19(26)31)1-2-13(28)20-3-4-25-9-23-15-16(25)21-8-22-18(15)30/h1-2,6,8-9,11-12,14,27H,3-5,7H2,(H,20,28)(H,35,36)(H,37,38)(H,21,22,30)(H,24,29,31)(H2,32,33,34)/b2-1+/t11-,12?,14-/m1/s1. The average Bonchev–Trinajstić information content (AvgIpc) is 3.49. The Morgan fingerprint density at radius 3 is 2.56 bits per heavy atom. The number of ether oxygens (including phenoxy) is 1. The SMILES string of the molecule is O=C(/C=C/c1cn([C@H]2C[C@@H](O)C(COP(=O)(O)OP(=O)(O)OP(=O)(O)O)O2)c(=O)[nH]c1=O)NCCn1cnc2c(=O)[nH]cnc21. The van der Waals surface area contributed by atoms with E-state index in [1.54, 1.807) is 4.57 Å². The van der Waals surface area contributed by atoms with E-state index in [1.807, 2.05) is 4.98 Å². The van der Waals surface area contributed by atoms with Gasteiger partial charge < -0.3 is 44.3 Å². The Bertz CT molecular complexity index is 1930. The zero-order valence-electron chi connectivity index (χ0n) is 22.3. The number of carbonyl (C=O) groups is 1. The van der Waals surface area contributed by atoms with Crippen molar-refractivity contribution >= 4 is 46.6 Å². The normalized spacial score (nSPS) is 21.6. The van der Waals surface area contributed by atoms with Crippen LogP contribution in [-0.2, 0) is 42.9 Å². The van der Waals surface area contributed by atoms with E-state index in [1.165, 1.54) is 12.7 Å². The lowest BCUT2D eigenvalue weighted by atomic mass is 10.2. The van der Waals surface area contributed by atoms with Gasteiger partial charge in [0.2, 0.25) is 5.91 Å². The fourth-order valence-electron chi connectivity index (χ4n) is 3.92. The Morgan fingerprint density at radius 2 is 1.84 bits per heavy atom. The molecule has 0 aliphatic carbocycles. The number of nitrogens with one attached hydrogen (secondary N) is 3. The van der Waals surface area contributed by atoms with E-state index in [2.05, 4.69) is 33.4 Å². The molecule has 4 rings (SSSR count). The minimum absolute atomic E-state index is 0.0919. The first-order chi connectivity index (χ1) is 20.9. The third-order valence-electron chi connectivity index (χ3n) is 5.80. The van der Waals surface area contributed by atoms with Crippen molar-refractivity contribution in [3.05, 3.63) is 61.7 Å². The van der Waals surface area contributed by atoms with E-state index in [-0.39, 0.29) is 30.6 Å². The Hall–Kier alpha value is -3.43. The molecule has 246 valence electrons. The molecular formula is C19H24N7O16P3. The van der Waals surface area contributed by atoms with Crippen molar-refractivity contribution in [1.29, 1.82) is 0 Å². The van der Waals surface area contributed by atoms with E-state index in [9.17, 15) is 47.8 Å². The van der Waals surface area contributed by atoms with Gasteiger partial charge in [-0.1, -0.05) is 0 Å². The van der Waals surface area contributed by atoms with Crippen LogP contribution in [0.15, 0.2) is 39.3 Å². The molecule has 3 aromatic rings. The monoisotopic (exact) mass is 699 g/mol. The van der Waals surface area contributed by atoms with Gasteiger partial charge in [-0.3, -0.25) is 28.5 Å². The number of aliphatic hydroxyl groups is 1. The number of hydrogen-bond donors (Lipinski definition) is 8. The molecule has 0 aromatic carbocycles. The number of hydrogen-bond acceptors (Lipinski definition) is 14. The number of phosphoric ester groups is 1. The van der Waals surface area contributed by atoms with E-state index in [4.69, 9.17) is 14.5 Å². The first kappa shape index (κ1) is 34.4. The first-order valence-electron chi connectivity index (χ1n) is 12.2. The summed E-state index contributed by atoms with van der Waals surface area (Å²) in [6, 6.07) is 0. The summed E-state index contributed by atoms with van der Waals surface area (Å²) in [5.41, 5.74) is -2.01. The van der Waals surface area contributed by atoms with Crippen molar-refractivity contribution in [1.82, 2.24) is 34.4 Å². The van der Waals surface area contributed by atoms with Crippen LogP contribution in [0.2, 0.25) is 0 Å². The third-order valence-corrected chi connectivity index (χ3v) is 9.60. The molecule has 8 N–H and O–H groups in total. The second kappa shape index (κ2) is 13.5. The van der Waals surface area contributed by atoms with Crippen molar-refractivity contribution in [2.75, 3.05) is 13.2 Å². The third kappa shape index (κ3) is 9.30. The highest BCUT2D eigenvalue weighted by atomic mass is 31.3. The Morgan fingerprint density at radius 1 is 1.11 bits per heavy atom. The second-order valence-electron chi connectivity index (χ2n) is 9.04. The molecule has 0 radical (unpaired) electrons. The number of carbonyl (C=O) groups excluding carboxylic acids is 1. The summed E-state index contributed by atoms with van der Waals surface area (Å²) in [6.45, 7) is -0.676. The molecule has 1 aliphatic rings. The number of amides is 1. The molecule has 3 unspecified atom stereocenters. The highest BCUT2D eigenvalue weighted by Gasteiger charge is 2.43. The molecular weight excluding hydrogens is 675 g/mol. The molecule has 3 aromatic heterocycles. The number of nitrogens with zero attached hydrogens (tertiary/aromatic N) is 4. The summed E-state index contributed by atoms with van der Waals surface area (Å²) in [7, 11) is -16.9. The maximum absolute atomic E-state index is 12.4. The predicted octanol–water partition coefficient (Wildman–Crippen LogP) is -2.21. The number of phosphoric acid groups is 3. The fraction of sp³-hybridized carbons (Fsp3) is 0.368. The molecule has 45 heavy (non-hydrogen) atoms. The zero-order valence-corrected chi connectivity index (χ0v) is 25.0. The van der Waals surface area contributed by atoms with Gasteiger partial charge in [-0.05, 0) is 6.08 Å². The zero-order chi connectivity index (χ0) is 33.2. The number of aliphatic hydroxyl groups excluding tert-OH is 1. The molecule has 0 saturated carbocycles. The smallest absolute Gasteiger partial charge is 0.390 e. The predicted molar refractivity (Wildman–Crippen MR) is 146 cm³/mol. The van der Waals surface area contributed by atoms with Crippen LogP contribution < -0.4 is 22.1 Å². The number of imidazole rings is 1. The topological polar surface area (TPSA) is 337 Å². The number of aromatic nitrogens is 6. The molecule has 1 aliphatic heterocycles. The van der Waals surface area contributed by atoms with Crippen LogP contribution in [0.1, 0.15) is 18.2 Å². The quantitative estimate of drug-likeness (QED) is 0.0692. The molecule has 0 bridgehead atoms. The van der Waals surface area contributed by atoms with Gasteiger partial charge in [0, 0.05) is 31.8 Å². The van der Waals surface area contributed by atoms with Crippen molar-refractivity contribution in [2.24, 2.45) is 0 Å². The molecule has 26 heteroatoms. The van der Waals surface area contributed by atoms with Gasteiger partial charge in [0.05, 0.1) is 30.9 Å². The van der Waals surface area contributed by atoms with Crippen molar-refractivity contribution < 1.29 is 61.1 Å². The summed E-state index contributed by atoms with van der Waals surface area (Å²) in [6.07, 6.45) is 1.23. The average molecular weight is 699 g/mol. The van der Waals surface area contributed by atoms with Crippen LogP contribution in [0, 0.1) is 0 Å². The van der Waals surface area contributed by atoms with E-state index >= 15 is 0 Å². The number of fused-ring (bicyclic) bond motifs is 1. The summed E-state index contributed by atoms with van der Waals surface area (Å²) in [5.74, 6) is -0.624. The summed E-state index contributed by atoms with van der Waals surface area (Å²) in [5, 5.41) is 12.8. The first-order valence-corrected chi connectivity index (χ1v) is 16.8. The van der Waals surface area contributed by atoms with Crippen LogP contribution in [0.5, 0.6) is 0 Å². The Kier molecular flexibility index (Phi) is 10.3. The highest BCUT2D eigenvalue weighted by Crippen LogP contribution is 2.66. The number of H-pyrrole nitrogens is 2. The van der Waals surface area contributed by atoms with Gasteiger partial charge in [0.15, 0.2) is 11.2 Å². The van der Waals surface area contributed by atoms with E-state index in [0.717, 1.165) is 22.9 Å². The van der Waals surface area contributed by atoms with Gasteiger partial charge in [-0.2, -0.15) is 8.62 Å². The van der Waals surface area contributed by atoms with Crippen LogP contribution in [0.4, 0.5) is 0 Å². The van der Waals surface area contributed by atoms with Gasteiger partial charge >= 0.3 is 29.2 Å². The summed E-state index contributed by atoms with van der Waals surface area (Å²) in [4.78, 5) is 97.1. The van der Waals surface area contributed by atoms with Crippen molar-refractivity contribution in [3.8, 4) is 0 Å². The lowest BCUT2D eigenvalue weighted by Gasteiger charge is -2.19. The minimum atomic E-state index is -5.77. The van der Waals surface area contributed by atoms with E-state index < -0.39 is 71.2 Å². The van der Waals surface area contributed by atoms with Crippen molar-refractivity contribution in [3.63, 3.8) is 0 Å².